The number of hydrogen-bond acceptors (Lipinski definition) is 3. The Labute approximate surface area is 84.5 Å². The highest BCUT2D eigenvalue weighted by Crippen LogP contribution is 2.13. The summed E-state index contributed by atoms with van der Waals surface area (Å²) in [5, 5.41) is 8.53. The third-order valence-corrected chi connectivity index (χ3v) is 2.29. The van der Waals surface area contributed by atoms with E-state index in [9.17, 15) is 9.59 Å². The average molecular weight is 201 g/mol. The standard InChI is InChI=1S/C10H19NO3/c1-2-3-4-8(7-12)5-6-9(11)10(13)14/h7-9H,2-6,11H2,1H3,(H,13,14)/t8?,9-/m0/s1. The zero-order chi connectivity index (χ0) is 11.0. The quantitative estimate of drug-likeness (QED) is 0.578. The van der Waals surface area contributed by atoms with Crippen molar-refractivity contribution >= 4 is 12.3 Å². The fourth-order valence-electron chi connectivity index (χ4n) is 1.26. The van der Waals surface area contributed by atoms with Gasteiger partial charge in [-0.2, -0.15) is 0 Å². The lowest BCUT2D eigenvalue weighted by Gasteiger charge is -2.11. The Bertz CT molecular complexity index is 182. The summed E-state index contributed by atoms with van der Waals surface area (Å²) in [4.78, 5) is 21.0. The molecule has 82 valence electrons. The van der Waals surface area contributed by atoms with Crippen LogP contribution in [0.2, 0.25) is 0 Å². The molecule has 0 radical (unpaired) electrons. The first-order valence-electron chi connectivity index (χ1n) is 5.05. The van der Waals surface area contributed by atoms with E-state index < -0.39 is 12.0 Å². The first kappa shape index (κ1) is 13.1. The molecule has 0 spiro atoms. The summed E-state index contributed by atoms with van der Waals surface area (Å²) in [6.45, 7) is 2.06. The highest BCUT2D eigenvalue weighted by Gasteiger charge is 2.14. The fourth-order valence-corrected chi connectivity index (χ4v) is 1.26. The molecule has 2 atom stereocenters. The number of unbranched alkanes of at least 4 members (excludes halogenated alkanes) is 1. The van der Waals surface area contributed by atoms with Crippen molar-refractivity contribution in [3.63, 3.8) is 0 Å². The zero-order valence-corrected chi connectivity index (χ0v) is 8.61. The molecule has 14 heavy (non-hydrogen) atoms. The van der Waals surface area contributed by atoms with Gasteiger partial charge in [0.05, 0.1) is 0 Å². The van der Waals surface area contributed by atoms with Crippen LogP contribution in [0.4, 0.5) is 0 Å². The van der Waals surface area contributed by atoms with Crippen LogP contribution in [0.5, 0.6) is 0 Å². The van der Waals surface area contributed by atoms with E-state index in [1.54, 1.807) is 0 Å². The second kappa shape index (κ2) is 7.50. The molecule has 0 rings (SSSR count). The van der Waals surface area contributed by atoms with Gasteiger partial charge in [0.15, 0.2) is 0 Å². The van der Waals surface area contributed by atoms with Crippen LogP contribution in [0.1, 0.15) is 39.0 Å². The van der Waals surface area contributed by atoms with Crippen molar-refractivity contribution in [3.8, 4) is 0 Å². The molecule has 1 unspecified atom stereocenters. The minimum absolute atomic E-state index is 0.0275. The Morgan fingerprint density at radius 2 is 2.07 bits per heavy atom. The predicted molar refractivity (Wildman–Crippen MR) is 53.9 cm³/mol. The lowest BCUT2D eigenvalue weighted by Crippen LogP contribution is -2.30. The highest BCUT2D eigenvalue weighted by molar-refractivity contribution is 5.73. The lowest BCUT2D eigenvalue weighted by molar-refractivity contribution is -0.138. The van der Waals surface area contributed by atoms with E-state index in [1.165, 1.54) is 0 Å². The maximum Gasteiger partial charge on any atom is 0.320 e. The van der Waals surface area contributed by atoms with Gasteiger partial charge in [0.2, 0.25) is 0 Å². The van der Waals surface area contributed by atoms with Gasteiger partial charge in [-0.3, -0.25) is 4.79 Å². The number of carboxylic acid groups (broad SMARTS) is 1. The molecular formula is C10H19NO3. The summed E-state index contributed by atoms with van der Waals surface area (Å²) < 4.78 is 0. The Kier molecular flexibility index (Phi) is 7.02. The van der Waals surface area contributed by atoms with E-state index in [-0.39, 0.29) is 5.92 Å². The SMILES string of the molecule is CCCCC(C=O)CC[C@H](N)C(=O)O. The van der Waals surface area contributed by atoms with Crippen LogP contribution in [-0.4, -0.2) is 23.4 Å². The van der Waals surface area contributed by atoms with Gasteiger partial charge in [-0.15, -0.1) is 0 Å². The molecule has 0 aromatic heterocycles. The van der Waals surface area contributed by atoms with Gasteiger partial charge >= 0.3 is 5.97 Å². The van der Waals surface area contributed by atoms with Crippen LogP contribution in [0, 0.1) is 5.92 Å². The lowest BCUT2D eigenvalue weighted by atomic mass is 9.96. The molecule has 0 amide bonds. The van der Waals surface area contributed by atoms with Gasteiger partial charge in [0, 0.05) is 5.92 Å². The summed E-state index contributed by atoms with van der Waals surface area (Å²) in [6, 6.07) is -0.834. The van der Waals surface area contributed by atoms with E-state index in [2.05, 4.69) is 6.92 Å². The van der Waals surface area contributed by atoms with Crippen molar-refractivity contribution in [3.05, 3.63) is 0 Å². The van der Waals surface area contributed by atoms with E-state index in [0.29, 0.717) is 12.8 Å². The molecular weight excluding hydrogens is 182 g/mol. The minimum atomic E-state index is -0.995. The van der Waals surface area contributed by atoms with Crippen molar-refractivity contribution in [2.45, 2.75) is 45.1 Å². The molecule has 0 heterocycles. The molecule has 0 aromatic rings. The van der Waals surface area contributed by atoms with Crippen LogP contribution in [0.25, 0.3) is 0 Å². The topological polar surface area (TPSA) is 80.4 Å². The van der Waals surface area contributed by atoms with Crippen molar-refractivity contribution in [2.75, 3.05) is 0 Å². The van der Waals surface area contributed by atoms with E-state index in [1.807, 2.05) is 0 Å². The summed E-state index contributed by atoms with van der Waals surface area (Å²) in [5.41, 5.74) is 5.33. The first-order chi connectivity index (χ1) is 6.61. The van der Waals surface area contributed by atoms with Gasteiger partial charge in [0.1, 0.15) is 12.3 Å². The molecule has 0 aliphatic heterocycles. The molecule has 0 aromatic carbocycles. The van der Waals surface area contributed by atoms with E-state index in [4.69, 9.17) is 10.8 Å². The second-order valence-corrected chi connectivity index (χ2v) is 3.56. The summed E-state index contributed by atoms with van der Waals surface area (Å²) in [5.74, 6) is -1.02. The number of nitrogens with two attached hydrogens (primary N) is 1. The van der Waals surface area contributed by atoms with E-state index >= 15 is 0 Å². The molecule has 0 saturated heterocycles. The molecule has 0 aliphatic carbocycles. The number of carbonyl (C=O) groups is 2. The number of aldehydes is 1. The maximum atomic E-state index is 10.6. The number of rotatable bonds is 8. The Balaban J connectivity index is 3.71. The third kappa shape index (κ3) is 5.70. The molecule has 4 nitrogen and oxygen atoms in total. The number of carbonyl (C=O) groups excluding carboxylic acids is 1. The van der Waals surface area contributed by atoms with Gasteiger partial charge in [-0.05, 0) is 19.3 Å². The van der Waals surface area contributed by atoms with Crippen LogP contribution in [-0.2, 0) is 9.59 Å². The van der Waals surface area contributed by atoms with Gasteiger partial charge in [0.25, 0.3) is 0 Å². The molecule has 0 bridgehead atoms. The molecule has 0 aliphatic rings. The zero-order valence-electron chi connectivity index (χ0n) is 8.61. The number of carboxylic acids is 1. The molecule has 0 saturated carbocycles. The van der Waals surface area contributed by atoms with Crippen LogP contribution in [0.3, 0.4) is 0 Å². The van der Waals surface area contributed by atoms with Gasteiger partial charge in [-0.1, -0.05) is 19.8 Å². The summed E-state index contributed by atoms with van der Waals surface area (Å²) >= 11 is 0. The van der Waals surface area contributed by atoms with Crippen LogP contribution >= 0.6 is 0 Å². The third-order valence-electron chi connectivity index (χ3n) is 2.29. The van der Waals surface area contributed by atoms with Crippen molar-refractivity contribution in [1.29, 1.82) is 0 Å². The minimum Gasteiger partial charge on any atom is -0.480 e. The van der Waals surface area contributed by atoms with Crippen molar-refractivity contribution in [2.24, 2.45) is 11.7 Å². The Morgan fingerprint density at radius 1 is 1.43 bits per heavy atom. The van der Waals surface area contributed by atoms with Crippen molar-refractivity contribution < 1.29 is 14.7 Å². The summed E-state index contributed by atoms with van der Waals surface area (Å²) in [6.07, 6.45) is 4.76. The van der Waals surface area contributed by atoms with Crippen molar-refractivity contribution in [1.82, 2.24) is 0 Å². The van der Waals surface area contributed by atoms with E-state index in [0.717, 1.165) is 25.5 Å². The Hall–Kier alpha value is -0.900. The fraction of sp³-hybridized carbons (Fsp3) is 0.800. The largest absolute Gasteiger partial charge is 0.480 e. The average Bonchev–Trinajstić information content (AvgIpc) is 2.17. The first-order valence-corrected chi connectivity index (χ1v) is 5.05. The van der Waals surface area contributed by atoms with Crippen LogP contribution < -0.4 is 5.73 Å². The smallest absolute Gasteiger partial charge is 0.320 e. The second-order valence-electron chi connectivity index (χ2n) is 3.56. The Morgan fingerprint density at radius 3 is 2.50 bits per heavy atom. The maximum absolute atomic E-state index is 10.6. The van der Waals surface area contributed by atoms with Gasteiger partial charge < -0.3 is 15.6 Å². The van der Waals surface area contributed by atoms with Crippen LogP contribution in [0.15, 0.2) is 0 Å². The number of hydrogen-bond donors (Lipinski definition) is 2. The normalized spacial score (nSPS) is 14.7. The number of aliphatic carboxylic acids is 1. The molecule has 4 heteroatoms. The monoisotopic (exact) mass is 201 g/mol. The van der Waals surface area contributed by atoms with Gasteiger partial charge in [-0.25, -0.2) is 0 Å². The molecule has 0 fully saturated rings. The summed E-state index contributed by atoms with van der Waals surface area (Å²) in [7, 11) is 0. The molecule has 3 N–H and O–H groups in total. The predicted octanol–water partition coefficient (Wildman–Crippen LogP) is 1.18. The highest BCUT2D eigenvalue weighted by atomic mass is 16.4.